The summed E-state index contributed by atoms with van der Waals surface area (Å²) in [5.74, 6) is 0.754. The number of aryl methyl sites for hydroxylation is 1. The van der Waals surface area contributed by atoms with E-state index < -0.39 is 5.60 Å². The van der Waals surface area contributed by atoms with E-state index in [1.807, 2.05) is 30.0 Å². The Morgan fingerprint density at radius 3 is 2.89 bits per heavy atom. The first kappa shape index (κ1) is 31.4. The van der Waals surface area contributed by atoms with Gasteiger partial charge in [-0.2, -0.15) is 10.2 Å². The van der Waals surface area contributed by atoms with Gasteiger partial charge in [-0.05, 0) is 53.8 Å². The van der Waals surface area contributed by atoms with E-state index >= 15 is 0 Å². The molecule has 0 aliphatic carbocycles. The van der Waals surface area contributed by atoms with Crippen molar-refractivity contribution in [2.75, 3.05) is 26.7 Å². The fourth-order valence-corrected chi connectivity index (χ4v) is 7.10. The van der Waals surface area contributed by atoms with Gasteiger partial charge in [-0.3, -0.25) is 14.2 Å². The van der Waals surface area contributed by atoms with Crippen molar-refractivity contribution in [2.45, 2.75) is 71.6 Å². The highest BCUT2D eigenvalue weighted by Gasteiger charge is 2.41. The largest absolute Gasteiger partial charge is 0.444 e. The van der Waals surface area contributed by atoms with Crippen molar-refractivity contribution in [1.82, 2.24) is 24.4 Å². The van der Waals surface area contributed by atoms with Crippen molar-refractivity contribution in [3.05, 3.63) is 53.6 Å². The SMILES string of the molecule is CCc1cccc2c3c([nH]c12)C(CC)(CC(=O)OCn1ccc2c([N+](C)=CC4CN(C(=O)CC#N)CC[C@H]4C)ncnc21)OCC3. The summed E-state index contributed by atoms with van der Waals surface area (Å²) in [5, 5.41) is 11.0. The number of amides is 1. The molecule has 0 radical (unpaired) electrons. The summed E-state index contributed by atoms with van der Waals surface area (Å²) in [4.78, 5) is 40.2. The molecule has 1 aromatic carbocycles. The highest BCUT2D eigenvalue weighted by molar-refractivity contribution is 5.88. The number of nitrogens with one attached hydrogen (secondary N) is 1. The van der Waals surface area contributed by atoms with Gasteiger partial charge in [0.25, 0.3) is 0 Å². The van der Waals surface area contributed by atoms with Gasteiger partial charge in [0.2, 0.25) is 12.2 Å². The number of esters is 1. The summed E-state index contributed by atoms with van der Waals surface area (Å²) >= 11 is 0. The number of para-hydroxylation sites is 1. The first-order valence-corrected chi connectivity index (χ1v) is 16.2. The minimum absolute atomic E-state index is 0.0151. The van der Waals surface area contributed by atoms with Crippen LogP contribution in [0.2, 0.25) is 0 Å². The van der Waals surface area contributed by atoms with Crippen molar-refractivity contribution in [3.8, 4) is 6.07 Å². The lowest BCUT2D eigenvalue weighted by Gasteiger charge is -2.36. The third kappa shape index (κ3) is 5.78. The van der Waals surface area contributed by atoms with Gasteiger partial charge in [-0.25, -0.2) is 4.58 Å². The monoisotopic (exact) mass is 624 g/mol. The number of fused-ring (bicyclic) bond motifs is 4. The maximum absolute atomic E-state index is 13.4. The molecule has 46 heavy (non-hydrogen) atoms. The first-order valence-electron chi connectivity index (χ1n) is 16.2. The highest BCUT2D eigenvalue weighted by Crippen LogP contribution is 2.42. The van der Waals surface area contributed by atoms with E-state index in [0.29, 0.717) is 37.7 Å². The van der Waals surface area contributed by atoms with Crippen LogP contribution < -0.4 is 0 Å². The Labute approximate surface area is 268 Å². The molecule has 1 saturated heterocycles. The van der Waals surface area contributed by atoms with E-state index in [4.69, 9.17) is 14.7 Å². The minimum atomic E-state index is -0.771. The first-order chi connectivity index (χ1) is 22.3. The molecule has 2 aliphatic rings. The van der Waals surface area contributed by atoms with Gasteiger partial charge in [-0.1, -0.05) is 39.0 Å². The molecule has 6 rings (SSSR count). The summed E-state index contributed by atoms with van der Waals surface area (Å²) in [5.41, 5.74) is 4.49. The predicted octanol–water partition coefficient (Wildman–Crippen LogP) is 4.99. The summed E-state index contributed by atoms with van der Waals surface area (Å²) in [6, 6.07) is 10.3. The average molecular weight is 625 g/mol. The Bertz CT molecular complexity index is 1850. The lowest BCUT2D eigenvalue weighted by Crippen LogP contribution is -2.44. The van der Waals surface area contributed by atoms with Gasteiger partial charge in [-0.15, -0.1) is 0 Å². The molecule has 2 aliphatic heterocycles. The topological polar surface area (TPSA) is 129 Å². The van der Waals surface area contributed by atoms with Crippen LogP contribution in [-0.4, -0.2) is 73.8 Å². The highest BCUT2D eigenvalue weighted by atomic mass is 16.5. The Kier molecular flexibility index (Phi) is 8.91. The quantitative estimate of drug-likeness (QED) is 0.158. The van der Waals surface area contributed by atoms with Crippen LogP contribution >= 0.6 is 0 Å². The van der Waals surface area contributed by atoms with Crippen molar-refractivity contribution >= 4 is 45.8 Å². The lowest BCUT2D eigenvalue weighted by molar-refractivity contribution is -0.405. The van der Waals surface area contributed by atoms with Crippen LogP contribution in [0.1, 0.15) is 63.3 Å². The molecule has 0 spiro atoms. The fraction of sp³-hybridized carbons (Fsp3) is 0.486. The second kappa shape index (κ2) is 13.0. The number of ether oxygens (including phenoxy) is 2. The molecule has 1 amide bonds. The van der Waals surface area contributed by atoms with Crippen LogP contribution in [0.25, 0.3) is 21.9 Å². The number of H-pyrrole nitrogens is 1. The zero-order valence-corrected chi connectivity index (χ0v) is 27.1. The molecule has 4 aromatic rings. The predicted molar refractivity (Wildman–Crippen MR) is 174 cm³/mol. The van der Waals surface area contributed by atoms with E-state index in [1.165, 1.54) is 22.8 Å². The molecule has 0 bridgehead atoms. The third-order valence-electron chi connectivity index (χ3n) is 9.84. The standard InChI is InChI=1S/C35H42N7O4/c1-5-24-8-7-9-26-27-13-17-46-35(6-2,32(27)39-31(24)26)18-30(44)45-22-42-16-12-28-33(37-21-38-34(28)42)40(4)19-25-20-41(15-11-23(25)3)29(43)10-14-36/h7-9,12,16,19,21,23,25,39H,5-6,10-11,13,15,17-18,20,22H2,1-4H3/q+1/t23-,25?,35?/m1/s1. The van der Waals surface area contributed by atoms with Gasteiger partial charge in [0.05, 0.1) is 38.1 Å². The number of hydrogen-bond donors (Lipinski definition) is 1. The number of nitriles is 1. The lowest BCUT2D eigenvalue weighted by atomic mass is 9.86. The van der Waals surface area contributed by atoms with Crippen molar-refractivity contribution in [3.63, 3.8) is 0 Å². The van der Waals surface area contributed by atoms with E-state index in [0.717, 1.165) is 41.7 Å². The van der Waals surface area contributed by atoms with Crippen molar-refractivity contribution in [2.24, 2.45) is 11.8 Å². The number of carbonyl (C=O) groups excluding carboxylic acids is 2. The maximum Gasteiger partial charge on any atom is 0.335 e. The zero-order valence-electron chi connectivity index (χ0n) is 27.1. The molecular weight excluding hydrogens is 582 g/mol. The van der Waals surface area contributed by atoms with E-state index in [2.05, 4.69) is 60.1 Å². The molecule has 2 unspecified atom stereocenters. The van der Waals surface area contributed by atoms with Gasteiger partial charge >= 0.3 is 11.8 Å². The number of nitrogens with zero attached hydrogens (tertiary/aromatic N) is 6. The van der Waals surface area contributed by atoms with Gasteiger partial charge < -0.3 is 19.4 Å². The molecule has 1 N–H and O–H groups in total. The maximum atomic E-state index is 13.4. The smallest absolute Gasteiger partial charge is 0.335 e. The average Bonchev–Trinajstić information content (AvgIpc) is 3.67. The molecule has 3 aromatic heterocycles. The number of likely N-dealkylation sites (tertiary alicyclic amines) is 1. The second-order valence-electron chi connectivity index (χ2n) is 12.5. The Balaban J connectivity index is 1.18. The number of piperidine rings is 1. The Hall–Kier alpha value is -4.56. The normalized spacial score (nSPS) is 21.7. The van der Waals surface area contributed by atoms with Crippen LogP contribution in [0.3, 0.4) is 0 Å². The molecule has 11 heteroatoms. The van der Waals surface area contributed by atoms with Crippen LogP contribution in [0.15, 0.2) is 36.8 Å². The van der Waals surface area contributed by atoms with Crippen molar-refractivity contribution in [1.29, 1.82) is 5.26 Å². The molecule has 0 saturated carbocycles. The van der Waals surface area contributed by atoms with Gasteiger partial charge in [0, 0.05) is 36.1 Å². The second-order valence-corrected chi connectivity index (χ2v) is 12.5. The summed E-state index contributed by atoms with van der Waals surface area (Å²) in [7, 11) is 1.94. The van der Waals surface area contributed by atoms with E-state index in [9.17, 15) is 9.59 Å². The molecule has 5 heterocycles. The van der Waals surface area contributed by atoms with Crippen LogP contribution in [0.5, 0.6) is 0 Å². The van der Waals surface area contributed by atoms with Gasteiger partial charge in [0.1, 0.15) is 17.4 Å². The molecular formula is C35H42N7O4+. The Morgan fingerprint density at radius 1 is 1.26 bits per heavy atom. The molecule has 240 valence electrons. The molecule has 3 atom stereocenters. The molecule has 11 nitrogen and oxygen atoms in total. The van der Waals surface area contributed by atoms with E-state index in [1.54, 1.807) is 9.47 Å². The Morgan fingerprint density at radius 2 is 2.11 bits per heavy atom. The zero-order chi connectivity index (χ0) is 32.4. The minimum Gasteiger partial charge on any atom is -0.444 e. The number of rotatable bonds is 9. The number of aromatic nitrogens is 4. The summed E-state index contributed by atoms with van der Waals surface area (Å²) < 4.78 is 16.0. The number of hydrogen-bond acceptors (Lipinski definition) is 7. The van der Waals surface area contributed by atoms with Crippen LogP contribution in [0.4, 0.5) is 5.82 Å². The van der Waals surface area contributed by atoms with E-state index in [-0.39, 0.29) is 37.4 Å². The number of aromatic amines is 1. The number of carbonyl (C=O) groups is 2. The van der Waals surface area contributed by atoms with Crippen molar-refractivity contribution < 1.29 is 23.6 Å². The fourth-order valence-electron chi connectivity index (χ4n) is 7.10. The van der Waals surface area contributed by atoms with Crippen LogP contribution in [0, 0.1) is 23.2 Å². The number of benzene rings is 1. The summed E-state index contributed by atoms with van der Waals surface area (Å²) in [6.07, 6.45) is 8.71. The third-order valence-corrected chi connectivity index (χ3v) is 9.84. The summed E-state index contributed by atoms with van der Waals surface area (Å²) in [6.45, 7) is 8.19. The molecule has 1 fully saturated rings. The van der Waals surface area contributed by atoms with Gasteiger partial charge in [0.15, 0.2) is 12.4 Å². The van der Waals surface area contributed by atoms with Crippen LogP contribution in [-0.2, 0) is 44.2 Å².